The summed E-state index contributed by atoms with van der Waals surface area (Å²) in [5.41, 5.74) is 5.64. The first-order chi connectivity index (χ1) is 22.2. The highest BCUT2D eigenvalue weighted by Gasteiger charge is 2.37. The number of piperidine rings is 3. The zero-order valence-electron chi connectivity index (χ0n) is 26.0. The van der Waals surface area contributed by atoms with Gasteiger partial charge in [0.05, 0.1) is 12.1 Å². The summed E-state index contributed by atoms with van der Waals surface area (Å²) in [5.74, 6) is -0.0883. The molecule has 3 aromatic carbocycles. The van der Waals surface area contributed by atoms with E-state index >= 15 is 0 Å². The molecule has 7 rings (SSSR count). The minimum atomic E-state index is -0.634. The Kier molecular flexibility index (Phi) is 9.92. The first-order valence-electron chi connectivity index (χ1n) is 15.7. The van der Waals surface area contributed by atoms with Gasteiger partial charge in [0.2, 0.25) is 0 Å². The molecule has 1 N–H and O–H groups in total. The second-order valence-corrected chi connectivity index (χ2v) is 13.1. The molecule has 7 nitrogen and oxygen atoms in total. The Balaban J connectivity index is 1.23. The van der Waals surface area contributed by atoms with Crippen LogP contribution in [0, 0.1) is 19.8 Å². The maximum atomic E-state index is 13.7. The summed E-state index contributed by atoms with van der Waals surface area (Å²) in [6.45, 7) is 7.21. The molecule has 9 heteroatoms. The van der Waals surface area contributed by atoms with Gasteiger partial charge in [-0.25, -0.2) is 14.6 Å². The third-order valence-corrected chi connectivity index (χ3v) is 9.85. The van der Waals surface area contributed by atoms with E-state index in [0.29, 0.717) is 33.5 Å². The third kappa shape index (κ3) is 7.38. The molecule has 0 radical (unpaired) electrons. The molecule has 238 valence electrons. The number of aromatic nitrogens is 1. The largest absolute Gasteiger partial charge is 0.454 e. The van der Waals surface area contributed by atoms with Crippen LogP contribution in [0.3, 0.4) is 0 Å². The fraction of sp³-hybridized carbons (Fsp3) is 0.324. The lowest BCUT2D eigenvalue weighted by molar-refractivity contribution is -0.377. The van der Waals surface area contributed by atoms with Crippen molar-refractivity contribution in [1.82, 2.24) is 4.90 Å². The van der Waals surface area contributed by atoms with Crippen molar-refractivity contribution in [2.75, 3.05) is 24.5 Å². The van der Waals surface area contributed by atoms with Gasteiger partial charge in [-0.3, -0.25) is 9.80 Å². The smallest absolute Gasteiger partial charge is 0.414 e. The Morgan fingerprint density at radius 1 is 0.935 bits per heavy atom. The van der Waals surface area contributed by atoms with Crippen LogP contribution >= 0.6 is 23.2 Å². The Hall–Kier alpha value is -3.91. The number of ether oxygens (including phenoxy) is 2. The van der Waals surface area contributed by atoms with Gasteiger partial charge in [0, 0.05) is 24.2 Å². The molecule has 2 bridgehead atoms. The Bertz CT molecular complexity index is 1690. The average molecular weight is 660 g/mol. The molecule has 4 aromatic rings. The fourth-order valence-corrected chi connectivity index (χ4v) is 6.86. The van der Waals surface area contributed by atoms with Gasteiger partial charge in [0.25, 0.3) is 0 Å². The molecule has 1 amide bonds. The van der Waals surface area contributed by atoms with Gasteiger partial charge >= 0.3 is 12.1 Å². The van der Waals surface area contributed by atoms with Crippen molar-refractivity contribution >= 4 is 41.0 Å². The number of para-hydroxylation sites is 1. The van der Waals surface area contributed by atoms with Crippen LogP contribution in [-0.2, 0) is 22.4 Å². The van der Waals surface area contributed by atoms with Crippen molar-refractivity contribution in [2.24, 2.45) is 5.92 Å². The molecule has 2 atom stereocenters. The number of H-pyrrole nitrogens is 1. The number of aryl methyl sites for hydroxylation is 2. The number of nitrogens with zero attached hydrogens (tertiary/aromatic N) is 2. The number of carbonyl (C=O) groups is 2. The van der Waals surface area contributed by atoms with Crippen LogP contribution in [0.1, 0.15) is 57.1 Å². The fourth-order valence-electron chi connectivity index (χ4n) is 6.33. The van der Waals surface area contributed by atoms with Crippen LogP contribution in [0.5, 0.6) is 0 Å². The molecule has 3 aliphatic heterocycles. The standard InChI is InChI=1S/C37H37Cl2N3O4/c1-24-11-12-28(17-25(24)2)34(19-31-32(38)20-40-21-33(31)39)45-36(43)29-8-6-7-26(18-29)22-42(30-9-4-3-5-10-30)37(44)46-35-23-41-15-13-27(35)14-16-41/h3-12,17-18,20-21,27,34-35H,13-16,19,22-23H2,1-2H3/p+1/t34-,35-/m0/s1. The molecule has 0 aliphatic carbocycles. The van der Waals surface area contributed by atoms with Crippen molar-refractivity contribution in [2.45, 2.75) is 51.9 Å². The van der Waals surface area contributed by atoms with Gasteiger partial charge in [-0.15, -0.1) is 0 Å². The monoisotopic (exact) mass is 658 g/mol. The minimum Gasteiger partial charge on any atom is -0.454 e. The maximum Gasteiger partial charge on any atom is 0.414 e. The lowest BCUT2D eigenvalue weighted by Gasteiger charge is -2.44. The van der Waals surface area contributed by atoms with Crippen molar-refractivity contribution in [3.63, 3.8) is 0 Å². The topological polar surface area (TPSA) is 73.2 Å². The second-order valence-electron chi connectivity index (χ2n) is 12.3. The molecule has 4 heterocycles. The summed E-state index contributed by atoms with van der Waals surface area (Å²) < 4.78 is 12.3. The van der Waals surface area contributed by atoms with E-state index in [1.807, 2.05) is 68.4 Å². The average Bonchev–Trinajstić information content (AvgIpc) is 3.07. The first kappa shape index (κ1) is 32.0. The van der Waals surface area contributed by atoms with E-state index in [2.05, 4.69) is 9.88 Å². The van der Waals surface area contributed by atoms with Crippen molar-refractivity contribution in [1.29, 1.82) is 0 Å². The molecule has 0 saturated carbocycles. The second kappa shape index (κ2) is 14.2. The quantitative estimate of drug-likeness (QED) is 0.172. The number of halogens is 2. The highest BCUT2D eigenvalue weighted by molar-refractivity contribution is 6.35. The van der Waals surface area contributed by atoms with Crippen molar-refractivity contribution in [3.8, 4) is 0 Å². The summed E-state index contributed by atoms with van der Waals surface area (Å²) in [6.07, 6.45) is 4.58. The number of benzene rings is 3. The minimum absolute atomic E-state index is 0.116. The summed E-state index contributed by atoms with van der Waals surface area (Å²) in [4.78, 5) is 34.3. The van der Waals surface area contributed by atoms with E-state index in [4.69, 9.17) is 32.7 Å². The predicted molar refractivity (Wildman–Crippen MR) is 179 cm³/mol. The lowest BCUT2D eigenvalue weighted by atomic mass is 9.86. The van der Waals surface area contributed by atoms with Gasteiger partial charge in [-0.2, -0.15) is 0 Å². The lowest BCUT2D eigenvalue weighted by Crippen LogP contribution is -2.53. The highest BCUT2D eigenvalue weighted by atomic mass is 35.5. The normalized spacial score (nSPS) is 19.3. The van der Waals surface area contributed by atoms with Gasteiger partial charge in [0.15, 0.2) is 12.4 Å². The number of hydrogen-bond acceptors (Lipinski definition) is 5. The third-order valence-electron chi connectivity index (χ3n) is 9.18. The van der Waals surface area contributed by atoms with Gasteiger partial charge in [0.1, 0.15) is 22.3 Å². The predicted octanol–water partition coefficient (Wildman–Crippen LogP) is 7.80. The number of anilines is 1. The number of pyridine rings is 1. The molecule has 46 heavy (non-hydrogen) atoms. The van der Waals surface area contributed by atoms with Crippen LogP contribution in [0.15, 0.2) is 85.2 Å². The number of fused-ring (bicyclic) bond motifs is 3. The number of amides is 1. The molecule has 0 unspecified atom stereocenters. The number of hydrogen-bond donors (Lipinski definition) is 0. The molecular weight excluding hydrogens is 621 g/mol. The van der Waals surface area contributed by atoms with Crippen molar-refractivity contribution in [3.05, 3.63) is 129 Å². The molecule has 3 fully saturated rings. The summed E-state index contributed by atoms with van der Waals surface area (Å²) in [7, 11) is 0. The van der Waals surface area contributed by atoms with E-state index in [1.54, 1.807) is 35.5 Å². The number of nitrogens with one attached hydrogen (secondary N) is 1. The Morgan fingerprint density at radius 2 is 1.67 bits per heavy atom. The molecular formula is C37H38Cl2N3O4+. The van der Waals surface area contributed by atoms with Crippen molar-refractivity contribution < 1.29 is 24.0 Å². The van der Waals surface area contributed by atoms with E-state index in [9.17, 15) is 9.59 Å². The number of esters is 1. The number of aromatic amines is 1. The number of rotatable bonds is 9. The molecule has 1 aromatic heterocycles. The summed E-state index contributed by atoms with van der Waals surface area (Å²) in [5, 5.41) is 0.927. The molecule has 3 aliphatic rings. The van der Waals surface area contributed by atoms with Gasteiger partial charge in [-0.1, -0.05) is 71.7 Å². The molecule has 3 saturated heterocycles. The van der Waals surface area contributed by atoms with E-state index in [1.165, 1.54) is 0 Å². The zero-order chi connectivity index (χ0) is 32.2. The highest BCUT2D eigenvalue weighted by Crippen LogP contribution is 2.33. The van der Waals surface area contributed by atoms with Crippen LogP contribution < -0.4 is 9.88 Å². The Morgan fingerprint density at radius 3 is 2.35 bits per heavy atom. The van der Waals surface area contributed by atoms with Crippen LogP contribution in [0.4, 0.5) is 10.5 Å². The van der Waals surface area contributed by atoms with E-state index in [0.717, 1.165) is 60.4 Å². The maximum absolute atomic E-state index is 13.7. The summed E-state index contributed by atoms with van der Waals surface area (Å²) >= 11 is 13.0. The van der Waals surface area contributed by atoms with Gasteiger partial charge in [-0.05, 0) is 92.2 Å². The van der Waals surface area contributed by atoms with Crippen LogP contribution in [0.2, 0.25) is 10.0 Å². The molecule has 0 spiro atoms. The first-order valence-corrected chi connectivity index (χ1v) is 16.5. The zero-order valence-corrected chi connectivity index (χ0v) is 27.6. The van der Waals surface area contributed by atoms with E-state index in [-0.39, 0.29) is 18.7 Å². The van der Waals surface area contributed by atoms with Crippen LogP contribution in [0.25, 0.3) is 0 Å². The van der Waals surface area contributed by atoms with Crippen LogP contribution in [-0.4, -0.2) is 42.7 Å². The Labute approximate surface area is 280 Å². The summed E-state index contributed by atoms with van der Waals surface area (Å²) in [6, 6.07) is 22.7. The van der Waals surface area contributed by atoms with Gasteiger partial charge < -0.3 is 9.47 Å². The SMILES string of the molecule is Cc1ccc([C@H](Cc2c(Cl)c[nH+]cc2Cl)OC(=O)c2cccc(CN(C(=O)O[C@H]3CN4CCC3CC4)c3ccccc3)c2)cc1C. The number of carbonyl (C=O) groups excluding carboxylic acids is 2. The van der Waals surface area contributed by atoms with E-state index < -0.39 is 12.1 Å².